The van der Waals surface area contributed by atoms with Gasteiger partial charge >= 0.3 is 5.97 Å². The van der Waals surface area contributed by atoms with Crippen molar-refractivity contribution in [2.24, 2.45) is 0 Å². The zero-order valence-corrected chi connectivity index (χ0v) is 19.1. The van der Waals surface area contributed by atoms with Crippen LogP contribution in [0.4, 0.5) is 5.69 Å². The lowest BCUT2D eigenvalue weighted by Gasteiger charge is -2.10. The number of hydrogen-bond donors (Lipinski definition) is 1. The number of amides is 1. The van der Waals surface area contributed by atoms with Crippen molar-refractivity contribution < 1.29 is 23.5 Å². The molecular formula is C24H21N3O5S. The number of Topliss-reactive ketones (excluding diaryl/α,β-unsaturated/α-hetero) is 1. The molecule has 33 heavy (non-hydrogen) atoms. The van der Waals surface area contributed by atoms with E-state index < -0.39 is 18.5 Å². The summed E-state index contributed by atoms with van der Waals surface area (Å²) in [6.07, 6.45) is 3.11. The van der Waals surface area contributed by atoms with Gasteiger partial charge in [0, 0.05) is 34.2 Å². The summed E-state index contributed by atoms with van der Waals surface area (Å²) in [5.74, 6) is -1.24. The van der Waals surface area contributed by atoms with E-state index in [1.165, 1.54) is 23.7 Å². The Morgan fingerprint density at radius 3 is 2.67 bits per heavy atom. The van der Waals surface area contributed by atoms with E-state index >= 15 is 0 Å². The molecule has 0 saturated carbocycles. The molecule has 0 aliphatic heterocycles. The lowest BCUT2D eigenvalue weighted by molar-refractivity contribution is 0.0474. The van der Waals surface area contributed by atoms with Crippen molar-refractivity contribution in [2.75, 3.05) is 11.9 Å². The predicted molar refractivity (Wildman–Crippen MR) is 123 cm³/mol. The molecule has 1 amide bonds. The molecular weight excluding hydrogens is 442 g/mol. The van der Waals surface area contributed by atoms with Crippen LogP contribution in [0.1, 0.15) is 48.2 Å². The first kappa shape index (κ1) is 22.2. The quantitative estimate of drug-likeness (QED) is 0.314. The maximum atomic E-state index is 12.8. The van der Waals surface area contributed by atoms with Crippen LogP contribution in [0.3, 0.4) is 0 Å². The number of anilines is 1. The topological polar surface area (TPSA) is 103 Å². The minimum atomic E-state index is -0.662. The molecule has 8 nitrogen and oxygen atoms in total. The Balaban J connectivity index is 1.44. The van der Waals surface area contributed by atoms with Gasteiger partial charge in [-0.15, -0.1) is 11.3 Å². The molecule has 3 aromatic heterocycles. The Morgan fingerprint density at radius 2 is 1.97 bits per heavy atom. The molecule has 0 unspecified atom stereocenters. The van der Waals surface area contributed by atoms with Gasteiger partial charge in [0.2, 0.25) is 5.78 Å². The van der Waals surface area contributed by atoms with Gasteiger partial charge in [0.25, 0.3) is 5.91 Å². The number of benzene rings is 1. The van der Waals surface area contributed by atoms with Crippen LogP contribution in [0.15, 0.2) is 58.7 Å². The van der Waals surface area contributed by atoms with Crippen molar-refractivity contribution in [3.8, 4) is 5.13 Å². The summed E-state index contributed by atoms with van der Waals surface area (Å²) in [6, 6.07) is 9.70. The van der Waals surface area contributed by atoms with Crippen molar-refractivity contribution in [2.45, 2.75) is 20.8 Å². The summed E-state index contributed by atoms with van der Waals surface area (Å²) in [6.45, 7) is 5.12. The molecule has 4 aromatic rings. The third kappa shape index (κ3) is 4.63. The van der Waals surface area contributed by atoms with Crippen LogP contribution >= 0.6 is 11.3 Å². The van der Waals surface area contributed by atoms with Gasteiger partial charge in [0.1, 0.15) is 0 Å². The summed E-state index contributed by atoms with van der Waals surface area (Å²) >= 11 is 1.47. The van der Waals surface area contributed by atoms with Gasteiger partial charge in [-0.3, -0.25) is 14.2 Å². The Labute approximate surface area is 193 Å². The van der Waals surface area contributed by atoms with Gasteiger partial charge in [-0.1, -0.05) is 6.07 Å². The van der Waals surface area contributed by atoms with Crippen molar-refractivity contribution in [1.82, 2.24) is 9.55 Å². The minimum Gasteiger partial charge on any atom is -0.459 e. The number of nitrogens with one attached hydrogen (secondary N) is 1. The first-order valence-corrected chi connectivity index (χ1v) is 11.0. The summed E-state index contributed by atoms with van der Waals surface area (Å²) in [4.78, 5) is 41.9. The maximum Gasteiger partial charge on any atom is 0.338 e. The molecule has 0 fully saturated rings. The number of ether oxygens (including phenoxy) is 1. The van der Waals surface area contributed by atoms with Crippen molar-refractivity contribution >= 4 is 34.7 Å². The van der Waals surface area contributed by atoms with Crippen LogP contribution < -0.4 is 5.32 Å². The van der Waals surface area contributed by atoms with E-state index in [0.29, 0.717) is 11.3 Å². The zero-order valence-electron chi connectivity index (χ0n) is 18.2. The van der Waals surface area contributed by atoms with Crippen LogP contribution in [0, 0.1) is 20.8 Å². The molecule has 3 heterocycles. The van der Waals surface area contributed by atoms with Crippen molar-refractivity contribution in [3.63, 3.8) is 0 Å². The summed E-state index contributed by atoms with van der Waals surface area (Å²) < 4.78 is 12.3. The maximum absolute atomic E-state index is 12.8. The normalized spacial score (nSPS) is 10.8. The number of rotatable bonds is 7. The Hall–Kier alpha value is -3.98. The molecule has 0 atom stereocenters. The Morgan fingerprint density at radius 1 is 1.15 bits per heavy atom. The van der Waals surface area contributed by atoms with E-state index in [0.717, 1.165) is 22.1 Å². The van der Waals surface area contributed by atoms with Crippen molar-refractivity contribution in [3.05, 3.63) is 88.1 Å². The monoisotopic (exact) mass is 463 g/mol. The third-order valence-corrected chi connectivity index (χ3v) is 5.90. The van der Waals surface area contributed by atoms with Gasteiger partial charge in [-0.05, 0) is 56.7 Å². The number of thiazole rings is 1. The Bertz CT molecular complexity index is 1320. The lowest BCUT2D eigenvalue weighted by atomic mass is 10.1. The van der Waals surface area contributed by atoms with Crippen LogP contribution in [-0.4, -0.2) is 33.8 Å². The van der Waals surface area contributed by atoms with Crippen LogP contribution in [0.5, 0.6) is 0 Å². The molecule has 0 saturated heterocycles. The molecule has 0 spiro atoms. The fraction of sp³-hybridized carbons (Fsp3) is 0.167. The van der Waals surface area contributed by atoms with Gasteiger partial charge in [0.15, 0.2) is 17.5 Å². The van der Waals surface area contributed by atoms with Crippen LogP contribution in [-0.2, 0) is 4.74 Å². The highest BCUT2D eigenvalue weighted by Gasteiger charge is 2.20. The highest BCUT2D eigenvalue weighted by Crippen LogP contribution is 2.23. The molecule has 1 N–H and O–H groups in total. The highest BCUT2D eigenvalue weighted by molar-refractivity contribution is 7.12. The van der Waals surface area contributed by atoms with Gasteiger partial charge in [0.05, 0.1) is 11.8 Å². The number of aromatic nitrogens is 2. The first-order valence-electron chi connectivity index (χ1n) is 10.1. The zero-order chi connectivity index (χ0) is 23.5. The van der Waals surface area contributed by atoms with E-state index in [2.05, 4.69) is 10.3 Å². The van der Waals surface area contributed by atoms with Crippen LogP contribution in [0.2, 0.25) is 0 Å². The lowest BCUT2D eigenvalue weighted by Crippen LogP contribution is -2.16. The molecule has 0 radical (unpaired) electrons. The average Bonchev–Trinajstić information content (AvgIpc) is 3.55. The van der Waals surface area contributed by atoms with Crippen LogP contribution in [0.25, 0.3) is 5.13 Å². The second kappa shape index (κ2) is 9.25. The number of furan rings is 1. The largest absolute Gasteiger partial charge is 0.459 e. The number of hydrogen-bond acceptors (Lipinski definition) is 7. The predicted octanol–water partition coefficient (Wildman–Crippen LogP) is 4.74. The molecule has 168 valence electrons. The number of carbonyl (C=O) groups is 3. The van der Waals surface area contributed by atoms with E-state index in [-0.39, 0.29) is 17.1 Å². The number of aryl methyl sites for hydroxylation is 2. The standard InChI is InChI=1S/C24H21N3O5S/c1-14-6-7-17(12-19(14)26-22(29)21-5-4-9-31-21)23(30)32-13-20(28)18-11-15(2)27(16(18)3)24-25-8-10-33-24/h4-12H,13H2,1-3H3,(H,26,29). The third-order valence-electron chi connectivity index (χ3n) is 5.14. The fourth-order valence-corrected chi connectivity index (χ4v) is 4.18. The van der Waals surface area contributed by atoms with Gasteiger partial charge in [-0.25, -0.2) is 9.78 Å². The summed E-state index contributed by atoms with van der Waals surface area (Å²) in [7, 11) is 0. The second-order valence-corrected chi connectivity index (χ2v) is 8.27. The minimum absolute atomic E-state index is 0.156. The number of nitrogens with zero attached hydrogens (tertiary/aromatic N) is 2. The molecule has 0 aliphatic rings. The first-order chi connectivity index (χ1) is 15.8. The smallest absolute Gasteiger partial charge is 0.338 e. The Kier molecular flexibility index (Phi) is 6.23. The molecule has 4 rings (SSSR count). The number of carbonyl (C=O) groups excluding carboxylic acids is 3. The number of esters is 1. The highest BCUT2D eigenvalue weighted by atomic mass is 32.1. The SMILES string of the molecule is Cc1ccc(C(=O)OCC(=O)c2cc(C)n(-c3nccs3)c2C)cc1NC(=O)c1ccco1. The van der Waals surface area contributed by atoms with Gasteiger partial charge in [-0.2, -0.15) is 0 Å². The van der Waals surface area contributed by atoms with E-state index in [4.69, 9.17) is 9.15 Å². The molecule has 0 aliphatic carbocycles. The number of ketones is 1. The molecule has 0 bridgehead atoms. The summed E-state index contributed by atoms with van der Waals surface area (Å²) in [5.41, 5.74) is 3.51. The summed E-state index contributed by atoms with van der Waals surface area (Å²) in [5, 5.41) is 5.35. The average molecular weight is 464 g/mol. The van der Waals surface area contributed by atoms with Crippen molar-refractivity contribution in [1.29, 1.82) is 0 Å². The van der Waals surface area contributed by atoms with Gasteiger partial charge < -0.3 is 14.5 Å². The molecule has 9 heteroatoms. The second-order valence-electron chi connectivity index (χ2n) is 7.40. The van der Waals surface area contributed by atoms with E-state index in [1.54, 1.807) is 43.5 Å². The fourth-order valence-electron chi connectivity index (χ4n) is 3.43. The van der Waals surface area contributed by atoms with E-state index in [1.807, 2.05) is 23.8 Å². The van der Waals surface area contributed by atoms with E-state index in [9.17, 15) is 14.4 Å². The molecule has 1 aromatic carbocycles.